The monoisotopic (exact) mass is 411 g/mol. The number of rotatable bonds is 6. The fourth-order valence-corrected chi connectivity index (χ4v) is 4.37. The molecular formula is C27H29N3O. The Labute approximate surface area is 185 Å². The van der Waals surface area contributed by atoms with Crippen LogP contribution in [-0.4, -0.2) is 39.7 Å². The van der Waals surface area contributed by atoms with E-state index >= 15 is 0 Å². The molecule has 4 nitrogen and oxygen atoms in total. The molecule has 0 bridgehead atoms. The van der Waals surface area contributed by atoms with Crippen LogP contribution in [0.15, 0.2) is 73.3 Å². The van der Waals surface area contributed by atoms with E-state index in [0.717, 1.165) is 56.4 Å². The molecule has 1 N–H and O–H groups in total. The summed E-state index contributed by atoms with van der Waals surface area (Å²) in [5.41, 5.74) is 4.43. The van der Waals surface area contributed by atoms with Gasteiger partial charge in [-0.2, -0.15) is 0 Å². The van der Waals surface area contributed by atoms with E-state index in [0.29, 0.717) is 0 Å². The van der Waals surface area contributed by atoms with Crippen molar-refractivity contribution < 1.29 is 5.11 Å². The molecule has 0 spiro atoms. The van der Waals surface area contributed by atoms with Crippen molar-refractivity contribution in [2.24, 2.45) is 5.41 Å². The molecule has 0 aliphatic carbocycles. The van der Waals surface area contributed by atoms with Gasteiger partial charge in [0, 0.05) is 43.1 Å². The van der Waals surface area contributed by atoms with Gasteiger partial charge in [-0.25, -0.2) is 9.97 Å². The van der Waals surface area contributed by atoms with E-state index in [1.165, 1.54) is 17.5 Å². The Balaban J connectivity index is 1.35. The van der Waals surface area contributed by atoms with Gasteiger partial charge in [-0.3, -0.25) is 4.90 Å². The second kappa shape index (κ2) is 10.3. The van der Waals surface area contributed by atoms with Gasteiger partial charge in [0.1, 0.15) is 6.33 Å². The average molecular weight is 412 g/mol. The van der Waals surface area contributed by atoms with Crippen molar-refractivity contribution in [3.8, 4) is 11.8 Å². The minimum absolute atomic E-state index is 0.00272. The molecule has 1 fully saturated rings. The summed E-state index contributed by atoms with van der Waals surface area (Å²) in [7, 11) is 0. The summed E-state index contributed by atoms with van der Waals surface area (Å²) < 4.78 is 0. The van der Waals surface area contributed by atoms with Gasteiger partial charge in [0.05, 0.1) is 5.56 Å². The highest BCUT2D eigenvalue weighted by Gasteiger charge is 2.34. The van der Waals surface area contributed by atoms with Crippen LogP contribution in [0.1, 0.15) is 41.5 Å². The molecule has 1 aliphatic rings. The summed E-state index contributed by atoms with van der Waals surface area (Å²) >= 11 is 0. The smallest absolute Gasteiger partial charge is 0.115 e. The zero-order chi connectivity index (χ0) is 21.4. The topological polar surface area (TPSA) is 49.2 Å². The fraction of sp³-hybridized carbons (Fsp3) is 0.333. The highest BCUT2D eigenvalue weighted by Crippen LogP contribution is 2.35. The van der Waals surface area contributed by atoms with E-state index in [9.17, 15) is 5.11 Å². The SMILES string of the molecule is OC[C@@]1(CCc2ccccc2)CCCN(Cc2ccc(C#Cc3cncnc3)cc2)C1. The molecule has 31 heavy (non-hydrogen) atoms. The maximum absolute atomic E-state index is 10.2. The molecule has 4 heteroatoms. The predicted molar refractivity (Wildman–Crippen MR) is 123 cm³/mol. The van der Waals surface area contributed by atoms with E-state index in [4.69, 9.17) is 0 Å². The summed E-state index contributed by atoms with van der Waals surface area (Å²) in [6, 6.07) is 19.1. The first-order chi connectivity index (χ1) is 15.2. The summed E-state index contributed by atoms with van der Waals surface area (Å²) in [4.78, 5) is 10.5. The van der Waals surface area contributed by atoms with Gasteiger partial charge in [-0.15, -0.1) is 0 Å². The van der Waals surface area contributed by atoms with Crippen LogP contribution in [0.5, 0.6) is 0 Å². The van der Waals surface area contributed by atoms with Crippen LogP contribution in [-0.2, 0) is 13.0 Å². The van der Waals surface area contributed by atoms with Gasteiger partial charge in [-0.05, 0) is 55.5 Å². The third-order valence-electron chi connectivity index (χ3n) is 6.13. The van der Waals surface area contributed by atoms with Gasteiger partial charge in [-0.1, -0.05) is 54.3 Å². The Morgan fingerprint density at radius 3 is 2.39 bits per heavy atom. The second-order valence-electron chi connectivity index (χ2n) is 8.53. The minimum atomic E-state index is -0.00272. The molecule has 4 rings (SSSR count). The van der Waals surface area contributed by atoms with Crippen LogP contribution < -0.4 is 0 Å². The van der Waals surface area contributed by atoms with Gasteiger partial charge >= 0.3 is 0 Å². The highest BCUT2D eigenvalue weighted by atomic mass is 16.3. The van der Waals surface area contributed by atoms with Crippen molar-refractivity contribution in [3.05, 3.63) is 95.6 Å². The molecule has 1 aromatic heterocycles. The molecule has 2 aromatic carbocycles. The molecule has 1 atom stereocenters. The standard InChI is InChI=1S/C27H29N3O/c31-21-27(15-13-23-5-2-1-3-6-23)14-4-16-30(20-27)19-25-10-7-24(8-11-25)9-12-26-17-28-22-29-18-26/h1-3,5-8,10-11,17-18,22,31H,4,13-16,19-21H2/t27-/m1/s1. The first kappa shape index (κ1) is 21.2. The van der Waals surface area contributed by atoms with Gasteiger partial charge in [0.2, 0.25) is 0 Å². The molecule has 2 heterocycles. The number of hydrogen-bond donors (Lipinski definition) is 1. The third kappa shape index (κ3) is 6.01. The van der Waals surface area contributed by atoms with Crippen molar-refractivity contribution in [3.63, 3.8) is 0 Å². The Morgan fingerprint density at radius 2 is 1.65 bits per heavy atom. The summed E-state index contributed by atoms with van der Waals surface area (Å²) in [6.07, 6.45) is 9.24. The van der Waals surface area contributed by atoms with Crippen LogP contribution in [0.4, 0.5) is 0 Å². The number of piperidine rings is 1. The largest absolute Gasteiger partial charge is 0.396 e. The molecule has 0 unspecified atom stereocenters. The third-order valence-corrected chi connectivity index (χ3v) is 6.13. The number of nitrogens with zero attached hydrogens (tertiary/aromatic N) is 3. The number of aromatic nitrogens is 2. The lowest BCUT2D eigenvalue weighted by Crippen LogP contribution is -2.45. The summed E-state index contributed by atoms with van der Waals surface area (Å²) in [5, 5.41) is 10.2. The van der Waals surface area contributed by atoms with E-state index < -0.39 is 0 Å². The van der Waals surface area contributed by atoms with E-state index in [2.05, 4.69) is 81.3 Å². The lowest BCUT2D eigenvalue weighted by Gasteiger charge is -2.42. The first-order valence-electron chi connectivity index (χ1n) is 11.0. The Hall–Kier alpha value is -3.00. The van der Waals surface area contributed by atoms with Crippen molar-refractivity contribution in [1.29, 1.82) is 0 Å². The predicted octanol–water partition coefficient (Wildman–Crippen LogP) is 4.08. The minimum Gasteiger partial charge on any atom is -0.396 e. The number of likely N-dealkylation sites (tertiary alicyclic amines) is 1. The van der Waals surface area contributed by atoms with E-state index in [1.807, 2.05) is 0 Å². The molecule has 158 valence electrons. The molecule has 1 aliphatic heterocycles. The zero-order valence-corrected chi connectivity index (χ0v) is 17.9. The van der Waals surface area contributed by atoms with E-state index in [1.54, 1.807) is 12.4 Å². The number of aliphatic hydroxyl groups excluding tert-OH is 1. The van der Waals surface area contributed by atoms with Gasteiger partial charge in [0.15, 0.2) is 0 Å². The summed E-state index contributed by atoms with van der Waals surface area (Å²) in [6.45, 7) is 3.20. The highest BCUT2D eigenvalue weighted by molar-refractivity contribution is 5.41. The molecular weight excluding hydrogens is 382 g/mol. The van der Waals surface area contributed by atoms with Crippen LogP contribution in [0.3, 0.4) is 0 Å². The lowest BCUT2D eigenvalue weighted by molar-refractivity contribution is 0.0224. The summed E-state index contributed by atoms with van der Waals surface area (Å²) in [5.74, 6) is 6.26. The Morgan fingerprint density at radius 1 is 0.903 bits per heavy atom. The fourth-order valence-electron chi connectivity index (χ4n) is 4.37. The Kier molecular flexibility index (Phi) is 7.09. The number of hydrogen-bond acceptors (Lipinski definition) is 4. The van der Waals surface area contributed by atoms with Crippen molar-refractivity contribution in [2.45, 2.75) is 32.2 Å². The average Bonchev–Trinajstić information content (AvgIpc) is 2.84. The molecule has 0 radical (unpaired) electrons. The number of aryl methyl sites for hydroxylation is 1. The quantitative estimate of drug-likeness (QED) is 0.621. The number of aliphatic hydroxyl groups is 1. The zero-order valence-electron chi connectivity index (χ0n) is 17.9. The van der Waals surface area contributed by atoms with Crippen molar-refractivity contribution in [1.82, 2.24) is 14.9 Å². The van der Waals surface area contributed by atoms with Crippen molar-refractivity contribution in [2.75, 3.05) is 19.7 Å². The number of benzene rings is 2. The lowest BCUT2D eigenvalue weighted by atomic mass is 9.76. The van der Waals surface area contributed by atoms with Gasteiger partial charge in [0.25, 0.3) is 0 Å². The van der Waals surface area contributed by atoms with Crippen LogP contribution in [0.25, 0.3) is 0 Å². The van der Waals surface area contributed by atoms with Crippen LogP contribution in [0, 0.1) is 17.3 Å². The van der Waals surface area contributed by atoms with Gasteiger partial charge < -0.3 is 5.11 Å². The maximum Gasteiger partial charge on any atom is 0.115 e. The molecule has 0 saturated carbocycles. The van der Waals surface area contributed by atoms with E-state index in [-0.39, 0.29) is 12.0 Å². The van der Waals surface area contributed by atoms with Crippen LogP contribution >= 0.6 is 0 Å². The first-order valence-corrected chi connectivity index (χ1v) is 11.0. The normalized spacial score (nSPS) is 18.9. The molecule has 3 aromatic rings. The maximum atomic E-state index is 10.2. The van der Waals surface area contributed by atoms with Crippen LogP contribution in [0.2, 0.25) is 0 Å². The molecule has 0 amide bonds. The Bertz CT molecular complexity index is 1010. The molecule has 1 saturated heterocycles. The van der Waals surface area contributed by atoms with Crippen molar-refractivity contribution >= 4 is 0 Å². The second-order valence-corrected chi connectivity index (χ2v) is 8.53.